The topological polar surface area (TPSA) is 33.6 Å². The van der Waals surface area contributed by atoms with Crippen LogP contribution >= 0.6 is 11.6 Å². The van der Waals surface area contributed by atoms with E-state index in [-0.39, 0.29) is 0 Å². The summed E-state index contributed by atoms with van der Waals surface area (Å²) in [4.78, 5) is 0. The molecule has 2 aromatic rings. The van der Waals surface area contributed by atoms with E-state index in [1.165, 1.54) is 0 Å². The van der Waals surface area contributed by atoms with E-state index in [1.54, 1.807) is 6.21 Å². The van der Waals surface area contributed by atoms with Crippen molar-refractivity contribution in [2.75, 3.05) is 12.0 Å². The zero-order chi connectivity index (χ0) is 15.8. The fourth-order valence-corrected chi connectivity index (χ4v) is 2.06. The molecule has 0 heterocycles. The molecule has 0 unspecified atom stereocenters. The highest BCUT2D eigenvalue weighted by atomic mass is 35.5. The molecule has 0 aliphatic rings. The lowest BCUT2D eigenvalue weighted by atomic mass is 10.1. The summed E-state index contributed by atoms with van der Waals surface area (Å²) >= 11 is 6.23. The number of hydrogen-bond acceptors (Lipinski definition) is 3. The van der Waals surface area contributed by atoms with Crippen molar-refractivity contribution < 1.29 is 4.74 Å². The molecule has 0 saturated heterocycles. The standard InChI is InChI=1S/C18H21ClN2O/c1-14(2)10-11-22-18-9-8-15(12-17(18)19)13-20-21-16-6-4-3-5-7-16/h3-9,12-14,21H,10-11H2,1-2H3. The second kappa shape index (κ2) is 8.44. The molecule has 0 radical (unpaired) electrons. The predicted molar refractivity (Wildman–Crippen MR) is 94.1 cm³/mol. The molecule has 1 N–H and O–H groups in total. The molecule has 2 aromatic carbocycles. The van der Waals surface area contributed by atoms with Crippen LogP contribution in [0.1, 0.15) is 25.8 Å². The first-order valence-corrected chi connectivity index (χ1v) is 7.79. The van der Waals surface area contributed by atoms with Crippen molar-refractivity contribution in [3.05, 3.63) is 59.1 Å². The number of hydrazone groups is 1. The molecule has 0 aliphatic heterocycles. The van der Waals surface area contributed by atoms with Gasteiger partial charge >= 0.3 is 0 Å². The van der Waals surface area contributed by atoms with Crippen LogP contribution in [0.5, 0.6) is 5.75 Å². The summed E-state index contributed by atoms with van der Waals surface area (Å²) in [5, 5.41) is 4.80. The van der Waals surface area contributed by atoms with Crippen LogP contribution in [-0.2, 0) is 0 Å². The van der Waals surface area contributed by atoms with Gasteiger partial charge in [-0.05, 0) is 48.2 Å². The summed E-state index contributed by atoms with van der Waals surface area (Å²) in [6, 6.07) is 15.5. The SMILES string of the molecule is CC(C)CCOc1ccc(C=NNc2ccccc2)cc1Cl. The van der Waals surface area contributed by atoms with Crippen LogP contribution in [0.3, 0.4) is 0 Å². The van der Waals surface area contributed by atoms with Crippen LogP contribution in [0, 0.1) is 5.92 Å². The monoisotopic (exact) mass is 316 g/mol. The Morgan fingerprint density at radius 1 is 1.18 bits per heavy atom. The zero-order valence-electron chi connectivity index (χ0n) is 12.9. The molecule has 0 spiro atoms. The van der Waals surface area contributed by atoms with Gasteiger partial charge in [-0.15, -0.1) is 0 Å². The number of para-hydroxylation sites is 1. The number of benzene rings is 2. The fraction of sp³-hybridized carbons (Fsp3) is 0.278. The molecule has 22 heavy (non-hydrogen) atoms. The van der Waals surface area contributed by atoms with Gasteiger partial charge in [0.2, 0.25) is 0 Å². The average molecular weight is 317 g/mol. The van der Waals surface area contributed by atoms with E-state index in [4.69, 9.17) is 16.3 Å². The van der Waals surface area contributed by atoms with Gasteiger partial charge in [0.15, 0.2) is 0 Å². The fourth-order valence-electron chi connectivity index (χ4n) is 1.81. The zero-order valence-corrected chi connectivity index (χ0v) is 13.7. The third kappa shape index (κ3) is 5.41. The summed E-state index contributed by atoms with van der Waals surface area (Å²) < 4.78 is 5.68. The average Bonchev–Trinajstić information content (AvgIpc) is 2.50. The van der Waals surface area contributed by atoms with Gasteiger partial charge in [0.05, 0.1) is 23.5 Å². The number of nitrogens with zero attached hydrogens (tertiary/aromatic N) is 1. The Hall–Kier alpha value is -2.00. The number of hydrogen-bond donors (Lipinski definition) is 1. The highest BCUT2D eigenvalue weighted by molar-refractivity contribution is 6.32. The predicted octanol–water partition coefficient (Wildman–Crippen LogP) is 5.21. The van der Waals surface area contributed by atoms with Crippen LogP contribution in [-0.4, -0.2) is 12.8 Å². The molecule has 0 aromatic heterocycles. The molecule has 3 nitrogen and oxygen atoms in total. The van der Waals surface area contributed by atoms with Crippen molar-refractivity contribution in [1.82, 2.24) is 0 Å². The largest absolute Gasteiger partial charge is 0.492 e. The first-order valence-electron chi connectivity index (χ1n) is 7.41. The number of nitrogens with one attached hydrogen (secondary N) is 1. The lowest BCUT2D eigenvalue weighted by Crippen LogP contribution is -2.02. The minimum atomic E-state index is 0.604. The maximum atomic E-state index is 6.23. The maximum Gasteiger partial charge on any atom is 0.137 e. The second-order valence-corrected chi connectivity index (χ2v) is 5.86. The van der Waals surface area contributed by atoms with Gasteiger partial charge < -0.3 is 4.74 Å². The lowest BCUT2D eigenvalue weighted by molar-refractivity contribution is 0.289. The molecular formula is C18H21ClN2O. The van der Waals surface area contributed by atoms with Gasteiger partial charge in [0.1, 0.15) is 5.75 Å². The Kier molecular flexibility index (Phi) is 6.28. The Bertz CT molecular complexity index is 612. The summed E-state index contributed by atoms with van der Waals surface area (Å²) in [5.41, 5.74) is 4.83. The summed E-state index contributed by atoms with van der Waals surface area (Å²) in [7, 11) is 0. The lowest BCUT2D eigenvalue weighted by Gasteiger charge is -2.09. The highest BCUT2D eigenvalue weighted by Crippen LogP contribution is 2.25. The van der Waals surface area contributed by atoms with Gasteiger partial charge in [-0.1, -0.05) is 43.6 Å². The number of anilines is 1. The summed E-state index contributed by atoms with van der Waals surface area (Å²) in [6.45, 7) is 5.02. The van der Waals surface area contributed by atoms with Crippen LogP contribution in [0.2, 0.25) is 5.02 Å². The van der Waals surface area contributed by atoms with Crippen LogP contribution in [0.25, 0.3) is 0 Å². The number of rotatable bonds is 7. The molecule has 0 saturated carbocycles. The van der Waals surface area contributed by atoms with Gasteiger partial charge in [0.25, 0.3) is 0 Å². The minimum Gasteiger partial charge on any atom is -0.492 e. The van der Waals surface area contributed by atoms with Crippen molar-refractivity contribution in [3.8, 4) is 5.75 Å². The maximum absolute atomic E-state index is 6.23. The molecule has 0 bridgehead atoms. The van der Waals surface area contributed by atoms with E-state index >= 15 is 0 Å². The van der Waals surface area contributed by atoms with Crippen molar-refractivity contribution in [3.63, 3.8) is 0 Å². The molecule has 2 rings (SSSR count). The van der Waals surface area contributed by atoms with Gasteiger partial charge in [-0.2, -0.15) is 5.10 Å². The Labute approximate surface area is 137 Å². The van der Waals surface area contributed by atoms with Crippen molar-refractivity contribution in [1.29, 1.82) is 0 Å². The number of ether oxygens (including phenoxy) is 1. The van der Waals surface area contributed by atoms with Crippen LogP contribution < -0.4 is 10.2 Å². The van der Waals surface area contributed by atoms with Crippen molar-refractivity contribution >= 4 is 23.5 Å². The van der Waals surface area contributed by atoms with Gasteiger partial charge in [-0.3, -0.25) is 5.43 Å². The highest BCUT2D eigenvalue weighted by Gasteiger charge is 2.03. The third-order valence-corrected chi connectivity index (χ3v) is 3.39. The molecule has 0 amide bonds. The van der Waals surface area contributed by atoms with Gasteiger partial charge in [-0.25, -0.2) is 0 Å². The third-order valence-electron chi connectivity index (χ3n) is 3.09. The quantitative estimate of drug-likeness (QED) is 0.562. The van der Waals surface area contributed by atoms with Crippen molar-refractivity contribution in [2.24, 2.45) is 11.0 Å². The van der Waals surface area contributed by atoms with E-state index in [1.807, 2.05) is 48.5 Å². The van der Waals surface area contributed by atoms with Crippen LogP contribution in [0.4, 0.5) is 5.69 Å². The Balaban J connectivity index is 1.91. The Morgan fingerprint density at radius 3 is 2.64 bits per heavy atom. The molecule has 116 valence electrons. The first kappa shape index (κ1) is 16.4. The number of halogens is 1. The summed E-state index contributed by atoms with van der Waals surface area (Å²) in [6.07, 6.45) is 2.75. The summed E-state index contributed by atoms with van der Waals surface area (Å²) in [5.74, 6) is 1.34. The second-order valence-electron chi connectivity index (χ2n) is 5.46. The van der Waals surface area contributed by atoms with Crippen molar-refractivity contribution in [2.45, 2.75) is 20.3 Å². The molecule has 0 atom stereocenters. The molecule has 0 aliphatic carbocycles. The molecular weight excluding hydrogens is 296 g/mol. The van der Waals surface area contributed by atoms with E-state index in [0.29, 0.717) is 17.5 Å². The smallest absolute Gasteiger partial charge is 0.137 e. The minimum absolute atomic E-state index is 0.604. The van der Waals surface area contributed by atoms with Gasteiger partial charge in [0, 0.05) is 0 Å². The van der Waals surface area contributed by atoms with E-state index in [0.717, 1.165) is 23.4 Å². The molecule has 4 heteroatoms. The first-order chi connectivity index (χ1) is 10.6. The Morgan fingerprint density at radius 2 is 1.95 bits per heavy atom. The normalized spacial score (nSPS) is 11.1. The van der Waals surface area contributed by atoms with E-state index < -0.39 is 0 Å². The van der Waals surface area contributed by atoms with E-state index in [9.17, 15) is 0 Å². The van der Waals surface area contributed by atoms with E-state index in [2.05, 4.69) is 24.4 Å². The molecule has 0 fully saturated rings. The van der Waals surface area contributed by atoms with Crippen LogP contribution in [0.15, 0.2) is 53.6 Å².